The Morgan fingerprint density at radius 2 is 1.75 bits per heavy atom. The monoisotopic (exact) mass is 268 g/mol. The van der Waals surface area contributed by atoms with Crippen LogP contribution in [-0.2, 0) is 9.78 Å². The largest absolute Gasteiger partial charge is 0.373 e. The van der Waals surface area contributed by atoms with Gasteiger partial charge < -0.3 is 0 Å². The van der Waals surface area contributed by atoms with Gasteiger partial charge in [-0.15, -0.1) is 6.58 Å². The molecule has 0 bridgehead atoms. The third-order valence-corrected chi connectivity index (χ3v) is 2.77. The first-order chi connectivity index (χ1) is 9.83. The molecule has 102 valence electrons. The third-order valence-electron chi connectivity index (χ3n) is 2.77. The van der Waals surface area contributed by atoms with Crippen LogP contribution in [0.1, 0.15) is 16.8 Å². The van der Waals surface area contributed by atoms with Crippen LogP contribution in [0.3, 0.4) is 0 Å². The van der Waals surface area contributed by atoms with Crippen LogP contribution < -0.4 is 0 Å². The molecule has 3 heteroatoms. The van der Waals surface area contributed by atoms with Crippen LogP contribution in [0.4, 0.5) is 0 Å². The summed E-state index contributed by atoms with van der Waals surface area (Å²) >= 11 is 0. The average Bonchev–Trinajstić information content (AvgIpc) is 2.52. The molecule has 0 aliphatic carbocycles. The molecule has 0 aromatic heterocycles. The number of carbonyl (C=O) groups is 1. The fourth-order valence-corrected chi connectivity index (χ4v) is 1.80. The second-order valence-electron chi connectivity index (χ2n) is 4.18. The number of hydrogen-bond acceptors (Lipinski definition) is 3. The zero-order valence-electron chi connectivity index (χ0n) is 11.1. The Hall–Kier alpha value is -2.39. The Kier molecular flexibility index (Phi) is 5.09. The maximum atomic E-state index is 12.0. The molecule has 0 amide bonds. The summed E-state index contributed by atoms with van der Waals surface area (Å²) in [7, 11) is 0. The summed E-state index contributed by atoms with van der Waals surface area (Å²) in [4.78, 5) is 21.7. The van der Waals surface area contributed by atoms with Crippen LogP contribution >= 0.6 is 0 Å². The normalized spacial score (nSPS) is 10.0. The second-order valence-corrected chi connectivity index (χ2v) is 4.18. The molecule has 0 saturated heterocycles. The second kappa shape index (κ2) is 7.26. The van der Waals surface area contributed by atoms with Crippen LogP contribution in [0.25, 0.3) is 11.1 Å². The quantitative estimate of drug-likeness (QED) is 0.343. The third kappa shape index (κ3) is 3.56. The lowest BCUT2D eigenvalue weighted by molar-refractivity contribution is -0.239. The molecule has 2 aromatic rings. The Balaban J connectivity index is 2.16. The lowest BCUT2D eigenvalue weighted by Gasteiger charge is -2.08. The number of carbonyl (C=O) groups excluding carboxylic acids is 1. The first-order valence-electron chi connectivity index (χ1n) is 6.42. The predicted molar refractivity (Wildman–Crippen MR) is 78.1 cm³/mol. The van der Waals surface area contributed by atoms with Gasteiger partial charge in [0.1, 0.15) is 0 Å². The van der Waals surface area contributed by atoms with E-state index in [1.54, 1.807) is 18.2 Å². The first kappa shape index (κ1) is 14.0. The molecule has 2 aromatic carbocycles. The Bertz CT molecular complexity index is 576. The molecule has 0 aliphatic rings. The highest BCUT2D eigenvalue weighted by atomic mass is 17.2. The van der Waals surface area contributed by atoms with Crippen LogP contribution in [-0.4, -0.2) is 12.6 Å². The maximum Gasteiger partial charge on any atom is 0.373 e. The molecule has 0 unspecified atom stereocenters. The minimum Gasteiger partial charge on any atom is -0.293 e. The van der Waals surface area contributed by atoms with Gasteiger partial charge in [-0.2, -0.15) is 4.89 Å². The standard InChI is InChI=1S/C17H16O3/c1-2-3-13-19-20-17(18)16-12-8-7-11-15(16)14-9-5-4-6-10-14/h2,4-12H,1,3,13H2. The van der Waals surface area contributed by atoms with E-state index in [1.807, 2.05) is 42.5 Å². The van der Waals surface area contributed by atoms with Gasteiger partial charge in [0, 0.05) is 0 Å². The van der Waals surface area contributed by atoms with Crippen molar-refractivity contribution in [3.63, 3.8) is 0 Å². The van der Waals surface area contributed by atoms with E-state index in [2.05, 4.69) is 6.58 Å². The van der Waals surface area contributed by atoms with Crippen molar-refractivity contribution in [2.75, 3.05) is 6.61 Å². The molecule has 20 heavy (non-hydrogen) atoms. The molecule has 3 nitrogen and oxygen atoms in total. The fourth-order valence-electron chi connectivity index (χ4n) is 1.80. The summed E-state index contributed by atoms with van der Waals surface area (Å²) in [6, 6.07) is 17.0. The van der Waals surface area contributed by atoms with Crippen LogP contribution in [0.15, 0.2) is 67.3 Å². The SMILES string of the molecule is C=CCCOOC(=O)c1ccccc1-c1ccccc1. The van der Waals surface area contributed by atoms with E-state index < -0.39 is 5.97 Å². The zero-order chi connectivity index (χ0) is 14.2. The van der Waals surface area contributed by atoms with Crippen LogP contribution in [0.2, 0.25) is 0 Å². The Labute approximate surface area is 118 Å². The minimum atomic E-state index is -0.492. The highest BCUT2D eigenvalue weighted by molar-refractivity contribution is 5.96. The van der Waals surface area contributed by atoms with E-state index in [1.165, 1.54) is 0 Å². The lowest BCUT2D eigenvalue weighted by Crippen LogP contribution is -2.08. The molecular weight excluding hydrogens is 252 g/mol. The fraction of sp³-hybridized carbons (Fsp3) is 0.118. The van der Waals surface area contributed by atoms with E-state index >= 15 is 0 Å². The highest BCUT2D eigenvalue weighted by Gasteiger charge is 2.14. The topological polar surface area (TPSA) is 35.5 Å². The van der Waals surface area contributed by atoms with Crippen molar-refractivity contribution < 1.29 is 14.6 Å². The zero-order valence-corrected chi connectivity index (χ0v) is 11.1. The van der Waals surface area contributed by atoms with Gasteiger partial charge in [-0.3, -0.25) is 4.89 Å². The van der Waals surface area contributed by atoms with Crippen molar-refractivity contribution in [2.45, 2.75) is 6.42 Å². The molecule has 0 radical (unpaired) electrons. The lowest BCUT2D eigenvalue weighted by atomic mass is 10.00. The number of rotatable bonds is 6. The van der Waals surface area contributed by atoms with Crippen LogP contribution in [0, 0.1) is 0 Å². The molecule has 0 spiro atoms. The van der Waals surface area contributed by atoms with Gasteiger partial charge in [-0.25, -0.2) is 4.79 Å². The summed E-state index contributed by atoms with van der Waals surface area (Å²) in [5.74, 6) is -0.492. The molecule has 0 fully saturated rings. The van der Waals surface area contributed by atoms with Gasteiger partial charge in [0.2, 0.25) is 0 Å². The van der Waals surface area contributed by atoms with Crippen LogP contribution in [0.5, 0.6) is 0 Å². The van der Waals surface area contributed by atoms with E-state index in [-0.39, 0.29) is 0 Å². The molecule has 0 saturated carbocycles. The summed E-state index contributed by atoms with van der Waals surface area (Å²) < 4.78 is 0. The first-order valence-corrected chi connectivity index (χ1v) is 6.42. The Morgan fingerprint density at radius 3 is 2.50 bits per heavy atom. The van der Waals surface area contributed by atoms with E-state index in [0.717, 1.165) is 11.1 Å². The summed E-state index contributed by atoms with van der Waals surface area (Å²) in [5.41, 5.74) is 2.27. The van der Waals surface area contributed by atoms with E-state index in [0.29, 0.717) is 18.6 Å². The van der Waals surface area contributed by atoms with Crippen molar-refractivity contribution >= 4 is 5.97 Å². The summed E-state index contributed by atoms with van der Waals surface area (Å²) in [6.45, 7) is 3.88. The number of hydrogen-bond donors (Lipinski definition) is 0. The van der Waals surface area contributed by atoms with Crippen molar-refractivity contribution in [3.05, 3.63) is 72.8 Å². The Morgan fingerprint density at radius 1 is 1.05 bits per heavy atom. The van der Waals surface area contributed by atoms with Crippen molar-refractivity contribution in [2.24, 2.45) is 0 Å². The number of benzene rings is 2. The van der Waals surface area contributed by atoms with Crippen molar-refractivity contribution in [3.8, 4) is 11.1 Å². The average molecular weight is 268 g/mol. The van der Waals surface area contributed by atoms with Gasteiger partial charge in [0.25, 0.3) is 0 Å². The molecule has 0 atom stereocenters. The van der Waals surface area contributed by atoms with Crippen molar-refractivity contribution in [1.29, 1.82) is 0 Å². The highest BCUT2D eigenvalue weighted by Crippen LogP contribution is 2.23. The summed E-state index contributed by atoms with van der Waals surface area (Å²) in [5, 5.41) is 0. The predicted octanol–water partition coefficient (Wildman–Crippen LogP) is 4.02. The molecule has 2 rings (SSSR count). The molecule has 0 heterocycles. The van der Waals surface area contributed by atoms with Gasteiger partial charge in [-0.05, 0) is 23.6 Å². The van der Waals surface area contributed by atoms with Crippen molar-refractivity contribution in [1.82, 2.24) is 0 Å². The molecule has 0 aliphatic heterocycles. The maximum absolute atomic E-state index is 12.0. The van der Waals surface area contributed by atoms with Gasteiger partial charge >= 0.3 is 5.97 Å². The van der Waals surface area contributed by atoms with Gasteiger partial charge in [0.15, 0.2) is 0 Å². The van der Waals surface area contributed by atoms with Gasteiger partial charge in [-0.1, -0.05) is 54.6 Å². The minimum absolute atomic E-state index is 0.308. The van der Waals surface area contributed by atoms with Gasteiger partial charge in [0.05, 0.1) is 12.2 Å². The molecular formula is C17H16O3. The smallest absolute Gasteiger partial charge is 0.293 e. The molecule has 0 N–H and O–H groups in total. The van der Waals surface area contributed by atoms with E-state index in [4.69, 9.17) is 9.78 Å². The van der Waals surface area contributed by atoms with E-state index in [9.17, 15) is 4.79 Å². The summed E-state index contributed by atoms with van der Waals surface area (Å²) in [6.07, 6.45) is 2.33.